The molecule has 0 unspecified atom stereocenters. The van der Waals surface area contributed by atoms with Crippen molar-refractivity contribution in [3.05, 3.63) is 52.0 Å². The van der Waals surface area contributed by atoms with Crippen molar-refractivity contribution >= 4 is 17.3 Å². The Morgan fingerprint density at radius 1 is 1.33 bits per heavy atom. The molecule has 1 saturated heterocycles. The molecule has 27 heavy (non-hydrogen) atoms. The number of likely N-dealkylation sites (tertiary alicyclic amines) is 1. The highest BCUT2D eigenvalue weighted by molar-refractivity contribution is 7.09. The summed E-state index contributed by atoms with van der Waals surface area (Å²) >= 11 is 1.69. The lowest BCUT2D eigenvalue weighted by atomic mass is 10.0. The lowest BCUT2D eigenvalue weighted by Gasteiger charge is -2.25. The van der Waals surface area contributed by atoms with Gasteiger partial charge in [0.25, 0.3) is 0 Å². The van der Waals surface area contributed by atoms with Gasteiger partial charge >= 0.3 is 12.1 Å². The summed E-state index contributed by atoms with van der Waals surface area (Å²) < 4.78 is 31.7. The first-order chi connectivity index (χ1) is 12.7. The number of aromatic nitrogens is 1. The maximum Gasteiger partial charge on any atom is 0.490 e. The average Bonchev–Trinajstić information content (AvgIpc) is 3.16. The Labute approximate surface area is 159 Å². The zero-order valence-electron chi connectivity index (χ0n) is 14.7. The van der Waals surface area contributed by atoms with E-state index in [2.05, 4.69) is 39.5 Å². The van der Waals surface area contributed by atoms with Gasteiger partial charge in [-0.05, 0) is 25.3 Å². The highest BCUT2D eigenvalue weighted by Gasteiger charge is 2.38. The van der Waals surface area contributed by atoms with Gasteiger partial charge in [-0.1, -0.05) is 30.3 Å². The molecule has 1 aliphatic rings. The summed E-state index contributed by atoms with van der Waals surface area (Å²) in [4.78, 5) is 15.8. The average molecular weight is 402 g/mol. The van der Waals surface area contributed by atoms with Crippen molar-refractivity contribution < 1.29 is 28.2 Å². The summed E-state index contributed by atoms with van der Waals surface area (Å²) in [6.07, 6.45) is -3.54. The van der Waals surface area contributed by atoms with Crippen molar-refractivity contribution in [3.63, 3.8) is 0 Å². The molecular formula is C18H21F3N2O3S. The predicted molar refractivity (Wildman–Crippen MR) is 95.5 cm³/mol. The van der Waals surface area contributed by atoms with Gasteiger partial charge < -0.3 is 10.2 Å². The molecule has 148 valence electrons. The van der Waals surface area contributed by atoms with Crippen LogP contribution in [0.5, 0.6) is 0 Å². The monoisotopic (exact) mass is 402 g/mol. The first-order valence-electron chi connectivity index (χ1n) is 8.34. The van der Waals surface area contributed by atoms with Crippen LogP contribution >= 0.6 is 11.3 Å². The lowest BCUT2D eigenvalue weighted by molar-refractivity contribution is -0.192. The number of nitrogens with zero attached hydrogens (tertiary/aromatic N) is 2. The van der Waals surface area contributed by atoms with Crippen LogP contribution in [0, 0.1) is 6.92 Å². The summed E-state index contributed by atoms with van der Waals surface area (Å²) in [6.45, 7) is 3.84. The van der Waals surface area contributed by atoms with E-state index < -0.39 is 12.1 Å². The Morgan fingerprint density at radius 2 is 1.96 bits per heavy atom. The van der Waals surface area contributed by atoms with Gasteiger partial charge in [0, 0.05) is 24.5 Å². The van der Waals surface area contributed by atoms with Crippen LogP contribution in [0.15, 0.2) is 35.7 Å². The Morgan fingerprint density at radius 3 is 2.48 bits per heavy atom. The van der Waals surface area contributed by atoms with E-state index in [1.165, 1.54) is 5.56 Å². The van der Waals surface area contributed by atoms with E-state index in [1.54, 1.807) is 11.3 Å². The molecule has 2 heterocycles. The van der Waals surface area contributed by atoms with E-state index in [9.17, 15) is 18.3 Å². The molecule has 0 spiro atoms. The molecule has 5 nitrogen and oxygen atoms in total. The Kier molecular flexibility index (Phi) is 7.34. The number of rotatable bonds is 4. The van der Waals surface area contributed by atoms with Crippen molar-refractivity contribution in [1.82, 2.24) is 9.88 Å². The van der Waals surface area contributed by atoms with Crippen molar-refractivity contribution in [1.29, 1.82) is 0 Å². The minimum Gasteiger partial charge on any atom is -0.475 e. The third-order valence-electron chi connectivity index (χ3n) is 4.19. The molecule has 0 aliphatic carbocycles. The van der Waals surface area contributed by atoms with Gasteiger partial charge in [-0.25, -0.2) is 9.78 Å². The van der Waals surface area contributed by atoms with E-state index >= 15 is 0 Å². The van der Waals surface area contributed by atoms with Crippen LogP contribution in [-0.2, 0) is 17.8 Å². The van der Waals surface area contributed by atoms with Gasteiger partial charge in [-0.2, -0.15) is 13.2 Å². The number of carboxylic acid groups (broad SMARTS) is 1. The number of aliphatic hydroxyl groups is 1. The van der Waals surface area contributed by atoms with Gasteiger partial charge in [0.15, 0.2) is 0 Å². The minimum atomic E-state index is -5.08. The number of halogens is 3. The maximum atomic E-state index is 10.6. The molecule has 9 heteroatoms. The molecular weight excluding hydrogens is 381 g/mol. The fourth-order valence-corrected chi connectivity index (χ4v) is 3.51. The molecule has 1 aromatic carbocycles. The number of alkyl halides is 3. The second kappa shape index (κ2) is 9.29. The number of benzene rings is 1. The molecule has 0 amide bonds. The number of aliphatic hydroxyl groups excluding tert-OH is 1. The summed E-state index contributed by atoms with van der Waals surface area (Å²) in [5, 5.41) is 20.6. The second-order valence-electron chi connectivity index (χ2n) is 6.24. The summed E-state index contributed by atoms with van der Waals surface area (Å²) in [7, 11) is 0. The first kappa shape index (κ1) is 21.3. The molecule has 1 aromatic heterocycles. The zero-order valence-corrected chi connectivity index (χ0v) is 15.5. The van der Waals surface area contributed by atoms with Crippen LogP contribution < -0.4 is 0 Å². The zero-order chi connectivity index (χ0) is 20.0. The van der Waals surface area contributed by atoms with Crippen LogP contribution in [0.25, 0.3) is 0 Å². The fraction of sp³-hybridized carbons (Fsp3) is 0.444. The number of thiazole rings is 1. The lowest BCUT2D eigenvalue weighted by Crippen LogP contribution is -2.36. The molecule has 0 radical (unpaired) electrons. The maximum absolute atomic E-state index is 10.6. The van der Waals surface area contributed by atoms with Crippen LogP contribution in [-0.4, -0.2) is 50.9 Å². The minimum absolute atomic E-state index is 0.208. The highest BCUT2D eigenvalue weighted by Crippen LogP contribution is 2.24. The molecule has 1 aliphatic heterocycles. The summed E-state index contributed by atoms with van der Waals surface area (Å²) in [5.74, 6) is -2.76. The molecule has 0 saturated carbocycles. The number of hydrogen-bond acceptors (Lipinski definition) is 5. The number of aryl methyl sites for hydroxylation is 1. The van der Waals surface area contributed by atoms with Crippen LogP contribution in [0.1, 0.15) is 22.7 Å². The van der Waals surface area contributed by atoms with Gasteiger partial charge in [0.05, 0.1) is 16.8 Å². The molecule has 2 atom stereocenters. The molecule has 1 fully saturated rings. The summed E-state index contributed by atoms with van der Waals surface area (Å²) in [6, 6.07) is 10.6. The van der Waals surface area contributed by atoms with Gasteiger partial charge in [0.1, 0.15) is 0 Å². The SMILES string of the molecule is Cc1nc(CN2CC[C@@H](O)[C@@H]2Cc2ccccc2)cs1.O=C(O)C(F)(F)F. The number of hydrogen-bond donors (Lipinski definition) is 2. The van der Waals surface area contributed by atoms with Crippen molar-refractivity contribution in [3.8, 4) is 0 Å². The number of carbonyl (C=O) groups is 1. The molecule has 2 N–H and O–H groups in total. The Hall–Kier alpha value is -1.97. The smallest absolute Gasteiger partial charge is 0.475 e. The van der Waals surface area contributed by atoms with Crippen LogP contribution in [0.2, 0.25) is 0 Å². The third-order valence-corrected chi connectivity index (χ3v) is 5.01. The number of carboxylic acids is 1. The fourth-order valence-electron chi connectivity index (χ4n) is 2.91. The molecule has 0 bridgehead atoms. The van der Waals surface area contributed by atoms with E-state index in [4.69, 9.17) is 9.90 Å². The van der Waals surface area contributed by atoms with Crippen molar-refractivity contribution in [2.24, 2.45) is 0 Å². The predicted octanol–water partition coefficient (Wildman–Crippen LogP) is 3.26. The second-order valence-corrected chi connectivity index (χ2v) is 7.31. The highest BCUT2D eigenvalue weighted by atomic mass is 32.1. The normalized spacial score (nSPS) is 20.2. The Balaban J connectivity index is 0.000000321. The van der Waals surface area contributed by atoms with Gasteiger partial charge in [-0.15, -0.1) is 11.3 Å². The van der Waals surface area contributed by atoms with E-state index in [0.29, 0.717) is 0 Å². The van der Waals surface area contributed by atoms with Crippen LogP contribution in [0.4, 0.5) is 13.2 Å². The standard InChI is InChI=1S/C16H20N2OS.C2HF3O2/c1-12-17-14(11-20-12)10-18-8-7-16(19)15(18)9-13-5-3-2-4-6-13;3-2(4,5)1(6)7/h2-6,11,15-16,19H,7-10H2,1H3;(H,6,7)/t15-,16+;/m0./s1. The Bertz CT molecular complexity index is 737. The topological polar surface area (TPSA) is 73.7 Å². The van der Waals surface area contributed by atoms with Gasteiger partial charge in [0.2, 0.25) is 0 Å². The summed E-state index contributed by atoms with van der Waals surface area (Å²) in [5.41, 5.74) is 2.41. The van der Waals surface area contributed by atoms with E-state index in [-0.39, 0.29) is 12.1 Å². The quantitative estimate of drug-likeness (QED) is 0.821. The first-order valence-corrected chi connectivity index (χ1v) is 9.22. The van der Waals surface area contributed by atoms with Crippen molar-refractivity contribution in [2.45, 2.75) is 44.6 Å². The van der Waals surface area contributed by atoms with Gasteiger partial charge in [-0.3, -0.25) is 4.90 Å². The third kappa shape index (κ3) is 6.60. The van der Waals surface area contributed by atoms with Crippen LogP contribution in [0.3, 0.4) is 0 Å². The number of aliphatic carboxylic acids is 1. The van der Waals surface area contributed by atoms with Crippen molar-refractivity contribution in [2.75, 3.05) is 6.54 Å². The molecule has 3 rings (SSSR count). The largest absolute Gasteiger partial charge is 0.490 e. The molecule has 2 aromatic rings. The van der Waals surface area contributed by atoms with E-state index in [1.807, 2.05) is 13.0 Å². The van der Waals surface area contributed by atoms with E-state index in [0.717, 1.165) is 36.6 Å².